The summed E-state index contributed by atoms with van der Waals surface area (Å²) < 4.78 is 13.0. The van der Waals surface area contributed by atoms with Gasteiger partial charge in [-0.1, -0.05) is 0 Å². The number of amides is 2. The van der Waals surface area contributed by atoms with E-state index in [2.05, 4.69) is 10.3 Å². The maximum atomic E-state index is 13.0. The maximum absolute atomic E-state index is 13.0. The van der Waals surface area contributed by atoms with Crippen molar-refractivity contribution in [1.29, 1.82) is 0 Å². The minimum atomic E-state index is -0.367. The van der Waals surface area contributed by atoms with Crippen LogP contribution in [-0.2, 0) is 0 Å². The van der Waals surface area contributed by atoms with E-state index in [1.54, 1.807) is 11.3 Å². The summed E-state index contributed by atoms with van der Waals surface area (Å²) in [5.41, 5.74) is 2.24. The molecule has 0 bridgehead atoms. The highest BCUT2D eigenvalue weighted by Crippen LogP contribution is 2.30. The molecule has 3 aromatic rings. The predicted octanol–water partition coefficient (Wildman–Crippen LogP) is 4.35. The van der Waals surface area contributed by atoms with Crippen LogP contribution in [0.2, 0.25) is 0 Å². The zero-order chi connectivity index (χ0) is 20.4. The van der Waals surface area contributed by atoms with Gasteiger partial charge in [-0.25, -0.2) is 9.37 Å². The molecule has 2 aromatic heterocycles. The minimum absolute atomic E-state index is 0.000489. The van der Waals surface area contributed by atoms with Gasteiger partial charge in [-0.3, -0.25) is 9.59 Å². The average molecular weight is 430 g/mol. The van der Waals surface area contributed by atoms with Crippen molar-refractivity contribution in [2.24, 2.45) is 0 Å². The maximum Gasteiger partial charge on any atom is 0.265 e. The molecular weight excluding hydrogens is 409 g/mol. The Kier molecular flexibility index (Phi) is 5.73. The van der Waals surface area contributed by atoms with Gasteiger partial charge in [0.1, 0.15) is 15.7 Å². The van der Waals surface area contributed by atoms with Gasteiger partial charge in [0, 0.05) is 35.6 Å². The third-order valence-electron chi connectivity index (χ3n) is 4.98. The monoisotopic (exact) mass is 429 g/mol. The first kappa shape index (κ1) is 19.7. The van der Waals surface area contributed by atoms with Crippen molar-refractivity contribution in [3.8, 4) is 10.6 Å². The molecule has 0 atom stereocenters. The SMILES string of the molecule is Cc1nc(-c2ccsc2)sc1C(=O)N1CCC(NC(=O)c2ccc(F)cc2)CC1. The van der Waals surface area contributed by atoms with E-state index in [1.807, 2.05) is 28.7 Å². The van der Waals surface area contributed by atoms with Crippen LogP contribution in [0.25, 0.3) is 10.6 Å². The second-order valence-electron chi connectivity index (χ2n) is 6.99. The second-order valence-corrected chi connectivity index (χ2v) is 8.77. The number of halogens is 1. The minimum Gasteiger partial charge on any atom is -0.349 e. The number of likely N-dealkylation sites (tertiary alicyclic amines) is 1. The lowest BCUT2D eigenvalue weighted by molar-refractivity contribution is 0.0702. The largest absolute Gasteiger partial charge is 0.349 e. The number of thiazole rings is 1. The van der Waals surface area contributed by atoms with Gasteiger partial charge >= 0.3 is 0 Å². The molecule has 2 amide bonds. The highest BCUT2D eigenvalue weighted by molar-refractivity contribution is 7.17. The van der Waals surface area contributed by atoms with Gasteiger partial charge in [0.05, 0.1) is 5.69 Å². The van der Waals surface area contributed by atoms with Crippen molar-refractivity contribution in [1.82, 2.24) is 15.2 Å². The van der Waals surface area contributed by atoms with Gasteiger partial charge < -0.3 is 10.2 Å². The van der Waals surface area contributed by atoms with Crippen LogP contribution >= 0.6 is 22.7 Å². The number of thiophene rings is 1. The van der Waals surface area contributed by atoms with Gasteiger partial charge in [0.2, 0.25) is 0 Å². The topological polar surface area (TPSA) is 62.3 Å². The molecule has 0 aliphatic carbocycles. The lowest BCUT2D eigenvalue weighted by Crippen LogP contribution is -2.46. The molecule has 0 unspecified atom stereocenters. The lowest BCUT2D eigenvalue weighted by Gasteiger charge is -2.32. The van der Waals surface area contributed by atoms with E-state index >= 15 is 0 Å². The number of carbonyl (C=O) groups is 2. The molecule has 1 N–H and O–H groups in total. The Morgan fingerprint density at radius 1 is 1.17 bits per heavy atom. The molecule has 0 saturated carbocycles. The summed E-state index contributed by atoms with van der Waals surface area (Å²) in [5.74, 6) is -0.577. The molecule has 1 aliphatic heterocycles. The quantitative estimate of drug-likeness (QED) is 0.671. The molecule has 1 fully saturated rings. The first-order valence-electron chi connectivity index (χ1n) is 9.37. The van der Waals surface area contributed by atoms with E-state index in [9.17, 15) is 14.0 Å². The lowest BCUT2D eigenvalue weighted by atomic mass is 10.0. The van der Waals surface area contributed by atoms with E-state index in [4.69, 9.17) is 0 Å². The number of nitrogens with one attached hydrogen (secondary N) is 1. The van der Waals surface area contributed by atoms with Gasteiger partial charge in [-0.05, 0) is 55.5 Å². The molecule has 0 spiro atoms. The Morgan fingerprint density at radius 3 is 2.55 bits per heavy atom. The molecule has 5 nitrogen and oxygen atoms in total. The number of piperidine rings is 1. The summed E-state index contributed by atoms with van der Waals surface area (Å²) in [4.78, 5) is 32.3. The molecule has 29 heavy (non-hydrogen) atoms. The van der Waals surface area contributed by atoms with Crippen molar-refractivity contribution >= 4 is 34.5 Å². The summed E-state index contributed by atoms with van der Waals surface area (Å²) in [5, 5.41) is 7.88. The van der Waals surface area contributed by atoms with Crippen LogP contribution in [0, 0.1) is 12.7 Å². The number of rotatable bonds is 4. The van der Waals surface area contributed by atoms with Crippen molar-refractivity contribution in [3.63, 3.8) is 0 Å². The Hall–Kier alpha value is -2.58. The second kappa shape index (κ2) is 8.42. The van der Waals surface area contributed by atoms with Crippen molar-refractivity contribution in [2.75, 3.05) is 13.1 Å². The van der Waals surface area contributed by atoms with E-state index in [0.717, 1.165) is 16.3 Å². The molecule has 8 heteroatoms. The third kappa shape index (κ3) is 4.38. The summed E-state index contributed by atoms with van der Waals surface area (Å²) >= 11 is 3.04. The number of aryl methyl sites for hydroxylation is 1. The van der Waals surface area contributed by atoms with Crippen LogP contribution in [0.15, 0.2) is 41.1 Å². The van der Waals surface area contributed by atoms with Crippen LogP contribution in [0.4, 0.5) is 4.39 Å². The van der Waals surface area contributed by atoms with Crippen molar-refractivity contribution in [3.05, 3.63) is 63.0 Å². The number of hydrogen-bond acceptors (Lipinski definition) is 5. The van der Waals surface area contributed by atoms with Gasteiger partial charge in [0.15, 0.2) is 0 Å². The molecule has 1 aromatic carbocycles. The summed E-state index contributed by atoms with van der Waals surface area (Å²) in [6.45, 7) is 3.03. The van der Waals surface area contributed by atoms with E-state index < -0.39 is 0 Å². The average Bonchev–Trinajstić information content (AvgIpc) is 3.38. The number of aromatic nitrogens is 1. The van der Waals surface area contributed by atoms with Crippen LogP contribution in [0.1, 0.15) is 38.6 Å². The Balaban J connectivity index is 1.35. The normalized spacial score (nSPS) is 14.8. The fraction of sp³-hybridized carbons (Fsp3) is 0.286. The van der Waals surface area contributed by atoms with E-state index in [0.29, 0.717) is 36.4 Å². The Morgan fingerprint density at radius 2 is 1.90 bits per heavy atom. The molecule has 150 valence electrons. The summed E-state index contributed by atoms with van der Waals surface area (Å²) in [7, 11) is 0. The van der Waals surface area contributed by atoms with Crippen LogP contribution in [0.3, 0.4) is 0 Å². The molecule has 1 aliphatic rings. The molecule has 3 heterocycles. The highest BCUT2D eigenvalue weighted by Gasteiger charge is 2.27. The smallest absolute Gasteiger partial charge is 0.265 e. The van der Waals surface area contributed by atoms with Gasteiger partial charge in [-0.15, -0.1) is 11.3 Å². The van der Waals surface area contributed by atoms with Crippen LogP contribution in [0.5, 0.6) is 0 Å². The highest BCUT2D eigenvalue weighted by atomic mass is 32.1. The molecule has 1 saturated heterocycles. The third-order valence-corrected chi connectivity index (χ3v) is 6.86. The van der Waals surface area contributed by atoms with E-state index in [-0.39, 0.29) is 23.7 Å². The van der Waals surface area contributed by atoms with Gasteiger partial charge in [-0.2, -0.15) is 11.3 Å². The van der Waals surface area contributed by atoms with Crippen LogP contribution in [-0.4, -0.2) is 40.8 Å². The number of nitrogens with zero attached hydrogens (tertiary/aromatic N) is 2. The summed E-state index contributed by atoms with van der Waals surface area (Å²) in [6, 6.07) is 7.50. The van der Waals surface area contributed by atoms with E-state index in [1.165, 1.54) is 35.6 Å². The first-order chi connectivity index (χ1) is 14.0. The van der Waals surface area contributed by atoms with Crippen molar-refractivity contribution in [2.45, 2.75) is 25.8 Å². The number of carbonyl (C=O) groups excluding carboxylic acids is 2. The van der Waals surface area contributed by atoms with Crippen molar-refractivity contribution < 1.29 is 14.0 Å². The number of benzene rings is 1. The summed E-state index contributed by atoms with van der Waals surface area (Å²) in [6.07, 6.45) is 1.38. The standard InChI is InChI=1S/C21H20FN3O2S2/c1-13-18(29-20(23-13)15-8-11-28-12-15)21(27)25-9-6-17(7-10-25)24-19(26)14-2-4-16(22)5-3-14/h2-5,8,11-12,17H,6-7,9-10H2,1H3,(H,24,26). The number of hydrogen-bond donors (Lipinski definition) is 1. The van der Waals surface area contributed by atoms with Crippen LogP contribution < -0.4 is 5.32 Å². The fourth-order valence-corrected chi connectivity index (χ4v) is 5.09. The van der Waals surface area contributed by atoms with Gasteiger partial charge in [0.25, 0.3) is 11.8 Å². The zero-order valence-corrected chi connectivity index (χ0v) is 17.5. The molecule has 0 radical (unpaired) electrons. The zero-order valence-electron chi connectivity index (χ0n) is 15.9. The molecule has 4 rings (SSSR count). The molecular formula is C21H20FN3O2S2. The Labute approximate surface area is 176 Å². The Bertz CT molecular complexity index is 1010. The predicted molar refractivity (Wildman–Crippen MR) is 113 cm³/mol. The fourth-order valence-electron chi connectivity index (χ4n) is 3.34. The first-order valence-corrected chi connectivity index (χ1v) is 11.1.